The first kappa shape index (κ1) is 17.0. The van der Waals surface area contributed by atoms with E-state index in [4.69, 9.17) is 9.90 Å². The minimum Gasteiger partial charge on any atom is -0.481 e. The van der Waals surface area contributed by atoms with E-state index in [1.807, 2.05) is 0 Å². The molecule has 0 amide bonds. The molecule has 0 radical (unpaired) electrons. The fourth-order valence-electron chi connectivity index (χ4n) is 4.11. The van der Waals surface area contributed by atoms with Gasteiger partial charge in [0.2, 0.25) is 0 Å². The molecule has 24 heavy (non-hydrogen) atoms. The van der Waals surface area contributed by atoms with Gasteiger partial charge in [-0.25, -0.2) is 5.43 Å². The molecule has 3 heterocycles. The van der Waals surface area contributed by atoms with Crippen LogP contribution in [0.3, 0.4) is 0 Å². The van der Waals surface area contributed by atoms with Crippen molar-refractivity contribution in [1.82, 2.24) is 21.2 Å². The van der Waals surface area contributed by atoms with E-state index in [2.05, 4.69) is 21.2 Å². The number of carboxylic acid groups (broad SMARTS) is 1. The molecule has 4 rings (SSSR count). The molecule has 2 aliphatic heterocycles. The largest absolute Gasteiger partial charge is 0.481 e. The van der Waals surface area contributed by atoms with E-state index in [1.165, 1.54) is 25.7 Å². The van der Waals surface area contributed by atoms with E-state index in [1.54, 1.807) is 24.5 Å². The first-order chi connectivity index (χ1) is 11.6. The highest BCUT2D eigenvalue weighted by molar-refractivity contribution is 6.00. The van der Waals surface area contributed by atoms with Crippen LogP contribution in [0.25, 0.3) is 0 Å². The number of carboxylic acids is 1. The monoisotopic (exact) mass is 332 g/mol. The van der Waals surface area contributed by atoms with Crippen molar-refractivity contribution in [3.63, 3.8) is 0 Å². The normalized spacial score (nSPS) is 33.8. The molecular formula is C17H24N4O3. The van der Waals surface area contributed by atoms with Gasteiger partial charge in [-0.1, -0.05) is 12.8 Å². The summed E-state index contributed by atoms with van der Waals surface area (Å²) in [4.78, 5) is 25.6. The van der Waals surface area contributed by atoms with Gasteiger partial charge in [0, 0.05) is 43.0 Å². The second-order valence-electron chi connectivity index (χ2n) is 6.66. The van der Waals surface area contributed by atoms with Crippen LogP contribution in [-0.4, -0.2) is 46.0 Å². The first-order valence-corrected chi connectivity index (χ1v) is 8.49. The molecule has 5 unspecified atom stereocenters. The average molecular weight is 332 g/mol. The van der Waals surface area contributed by atoms with Crippen LogP contribution < -0.4 is 16.2 Å². The third-order valence-corrected chi connectivity index (χ3v) is 5.09. The van der Waals surface area contributed by atoms with Crippen molar-refractivity contribution < 1.29 is 14.7 Å². The van der Waals surface area contributed by atoms with E-state index in [0.29, 0.717) is 18.0 Å². The summed E-state index contributed by atoms with van der Waals surface area (Å²) in [6.07, 6.45) is 8.49. The Balaban J connectivity index is 0.000000383. The number of fused-ring (bicyclic) bond motifs is 3. The number of hydrogen-bond acceptors (Lipinski definition) is 6. The second kappa shape index (κ2) is 7.38. The van der Waals surface area contributed by atoms with Crippen LogP contribution in [0.2, 0.25) is 0 Å². The van der Waals surface area contributed by atoms with Gasteiger partial charge in [-0.3, -0.25) is 20.0 Å². The molecule has 5 atom stereocenters. The summed E-state index contributed by atoms with van der Waals surface area (Å²) in [5.41, 5.74) is 7.31. The van der Waals surface area contributed by atoms with Gasteiger partial charge in [-0.15, -0.1) is 0 Å². The molecule has 1 saturated carbocycles. The quantitative estimate of drug-likeness (QED) is 0.592. The van der Waals surface area contributed by atoms with Gasteiger partial charge in [0.1, 0.15) is 6.04 Å². The van der Waals surface area contributed by atoms with Crippen molar-refractivity contribution in [2.24, 2.45) is 5.92 Å². The summed E-state index contributed by atoms with van der Waals surface area (Å²) in [5.74, 6) is -0.0185. The van der Waals surface area contributed by atoms with E-state index in [9.17, 15) is 4.79 Å². The van der Waals surface area contributed by atoms with Crippen LogP contribution in [0, 0.1) is 5.92 Å². The number of hydrazine groups is 1. The minimum absolute atomic E-state index is 0.151. The third kappa shape index (κ3) is 3.48. The van der Waals surface area contributed by atoms with Gasteiger partial charge in [0.15, 0.2) is 5.78 Å². The van der Waals surface area contributed by atoms with Crippen LogP contribution in [0.1, 0.15) is 43.0 Å². The van der Waals surface area contributed by atoms with E-state index in [0.717, 1.165) is 12.5 Å². The summed E-state index contributed by atoms with van der Waals surface area (Å²) >= 11 is 0. The fraction of sp³-hybridized carbons (Fsp3) is 0.588. The molecule has 0 spiro atoms. The number of pyridine rings is 1. The smallest absolute Gasteiger partial charge is 0.300 e. The second-order valence-corrected chi connectivity index (χ2v) is 6.66. The number of ketones is 1. The summed E-state index contributed by atoms with van der Waals surface area (Å²) < 4.78 is 0. The van der Waals surface area contributed by atoms with Crippen LogP contribution in [-0.2, 0) is 4.79 Å². The zero-order valence-electron chi connectivity index (χ0n) is 13.7. The van der Waals surface area contributed by atoms with Gasteiger partial charge < -0.3 is 10.4 Å². The number of nitrogens with one attached hydrogen (secondary N) is 3. The molecule has 7 nitrogen and oxygen atoms in total. The zero-order chi connectivity index (χ0) is 17.1. The van der Waals surface area contributed by atoms with Gasteiger partial charge in [0.05, 0.1) is 0 Å². The summed E-state index contributed by atoms with van der Waals surface area (Å²) in [5, 5.41) is 11.1. The Labute approximate surface area is 141 Å². The first-order valence-electron chi connectivity index (χ1n) is 8.49. The van der Waals surface area contributed by atoms with Crippen LogP contribution in [0.4, 0.5) is 0 Å². The minimum atomic E-state index is -0.833. The molecule has 1 aromatic heterocycles. The maximum atomic E-state index is 12.6. The molecule has 3 aliphatic rings. The van der Waals surface area contributed by atoms with Gasteiger partial charge in [-0.05, 0) is 30.9 Å². The van der Waals surface area contributed by atoms with Crippen molar-refractivity contribution in [1.29, 1.82) is 0 Å². The number of rotatable bonds is 2. The van der Waals surface area contributed by atoms with E-state index < -0.39 is 5.97 Å². The molecule has 3 fully saturated rings. The predicted molar refractivity (Wildman–Crippen MR) is 88.4 cm³/mol. The number of nitrogens with zero attached hydrogens (tertiary/aromatic N) is 1. The van der Waals surface area contributed by atoms with Crippen molar-refractivity contribution in [3.8, 4) is 0 Å². The highest BCUT2D eigenvalue weighted by Crippen LogP contribution is 2.36. The van der Waals surface area contributed by atoms with Gasteiger partial charge >= 0.3 is 0 Å². The molecule has 0 aromatic carbocycles. The summed E-state index contributed by atoms with van der Waals surface area (Å²) in [6.45, 7) is 1.08. The molecule has 1 aliphatic carbocycles. The number of aliphatic carboxylic acids is 1. The molecule has 4 N–H and O–H groups in total. The number of carbonyl (C=O) groups excluding carboxylic acids is 1. The lowest BCUT2D eigenvalue weighted by atomic mass is 9.82. The fourth-order valence-corrected chi connectivity index (χ4v) is 4.11. The maximum absolute atomic E-state index is 12.6. The van der Waals surface area contributed by atoms with Gasteiger partial charge in [0.25, 0.3) is 5.97 Å². The van der Waals surface area contributed by atoms with E-state index in [-0.39, 0.29) is 17.9 Å². The molecule has 2 saturated heterocycles. The van der Waals surface area contributed by atoms with Crippen molar-refractivity contribution >= 4 is 11.8 Å². The number of Topliss-reactive ketones (excluding diaryl/α,β-unsaturated/α-hetero) is 1. The lowest BCUT2D eigenvalue weighted by molar-refractivity contribution is -0.134. The Morgan fingerprint density at radius 1 is 1.12 bits per heavy atom. The number of carbonyl (C=O) groups is 2. The number of aromatic nitrogens is 1. The van der Waals surface area contributed by atoms with E-state index >= 15 is 0 Å². The topological polar surface area (TPSA) is 103 Å². The van der Waals surface area contributed by atoms with Crippen molar-refractivity contribution in [2.45, 2.75) is 56.8 Å². The van der Waals surface area contributed by atoms with Crippen LogP contribution in [0.15, 0.2) is 24.5 Å². The Kier molecular flexibility index (Phi) is 5.23. The highest BCUT2D eigenvalue weighted by Gasteiger charge is 2.51. The van der Waals surface area contributed by atoms with Crippen LogP contribution >= 0.6 is 0 Å². The predicted octanol–water partition coefficient (Wildman–Crippen LogP) is 0.731. The Morgan fingerprint density at radius 3 is 2.50 bits per heavy atom. The Bertz CT molecular complexity index is 591. The summed E-state index contributed by atoms with van der Waals surface area (Å²) in [6, 6.07) is 4.59. The maximum Gasteiger partial charge on any atom is 0.300 e. The molecule has 7 heteroatoms. The van der Waals surface area contributed by atoms with Crippen molar-refractivity contribution in [3.05, 3.63) is 30.1 Å². The standard InChI is InChI=1S/C15H20N4O.C2H4O2/c20-15(9-5-7-16-8-6-9)14-13-12(18-19-14)10-3-1-2-4-11(10)17-13;1-2(3)4/h5-8,10-14,17-19H,1-4H2;1H3,(H,3,4). The van der Waals surface area contributed by atoms with Gasteiger partial charge in [-0.2, -0.15) is 0 Å². The molecule has 1 aromatic rings. The molecular weight excluding hydrogens is 308 g/mol. The zero-order valence-corrected chi connectivity index (χ0v) is 13.7. The SMILES string of the molecule is CC(=O)O.O=C(c1ccncc1)C1NNC2C3CCCCC3NC12. The third-order valence-electron chi connectivity index (χ3n) is 5.09. The Hall–Kier alpha value is -1.83. The Morgan fingerprint density at radius 2 is 1.79 bits per heavy atom. The lowest BCUT2D eigenvalue weighted by Crippen LogP contribution is -2.48. The highest BCUT2D eigenvalue weighted by atomic mass is 16.4. The molecule has 130 valence electrons. The lowest BCUT2D eigenvalue weighted by Gasteiger charge is -2.28. The number of hydrogen-bond donors (Lipinski definition) is 4. The average Bonchev–Trinajstić information content (AvgIpc) is 3.13. The van der Waals surface area contributed by atoms with Crippen molar-refractivity contribution in [2.75, 3.05) is 0 Å². The summed E-state index contributed by atoms with van der Waals surface area (Å²) in [7, 11) is 0. The molecule has 0 bridgehead atoms. The van der Waals surface area contributed by atoms with Crippen LogP contribution in [0.5, 0.6) is 0 Å².